The first kappa shape index (κ1) is 6.26. The lowest BCUT2D eigenvalue weighted by Crippen LogP contribution is -2.25. The first-order valence-corrected chi connectivity index (χ1v) is 3.00. The van der Waals surface area contributed by atoms with E-state index in [1.807, 2.05) is 0 Å². The lowest BCUT2D eigenvalue weighted by Gasteiger charge is -1.99. The number of carbonyl (C=O) groups is 2. The first-order chi connectivity index (χ1) is 4.25. The van der Waals surface area contributed by atoms with Crippen LogP contribution >= 0.6 is 0 Å². The molecule has 1 amide bonds. The topological polar surface area (TPSA) is 60.2 Å². The Kier molecular flexibility index (Phi) is 1.51. The van der Waals surface area contributed by atoms with Gasteiger partial charge in [-0.05, 0) is 18.8 Å². The molecule has 2 N–H and O–H groups in total. The highest BCUT2D eigenvalue weighted by atomic mass is 16.2. The smallest absolute Gasteiger partial charge is 0.227 e. The van der Waals surface area contributed by atoms with Crippen molar-refractivity contribution in [1.29, 1.82) is 0 Å². The summed E-state index contributed by atoms with van der Waals surface area (Å²) in [6, 6.07) is 0. The molecular formula is C6H9NO2. The molecule has 1 saturated carbocycles. The van der Waals surface area contributed by atoms with Crippen molar-refractivity contribution >= 4 is 12.2 Å². The normalized spacial score (nSPS) is 20.9. The predicted octanol–water partition coefficient (Wildman–Crippen LogP) is -0.303. The molecule has 0 heterocycles. The van der Waals surface area contributed by atoms with Gasteiger partial charge >= 0.3 is 0 Å². The molecule has 1 rings (SSSR count). The Labute approximate surface area is 53.2 Å². The Morgan fingerprint density at radius 3 is 2.33 bits per heavy atom. The molecule has 50 valence electrons. The Morgan fingerprint density at radius 1 is 1.67 bits per heavy atom. The van der Waals surface area contributed by atoms with E-state index in [4.69, 9.17) is 5.73 Å². The fourth-order valence-electron chi connectivity index (χ4n) is 0.866. The maximum atomic E-state index is 10.4. The standard InChI is InChI=1S/C6H9NO2/c7-6(9)5(3-8)4-1-2-4/h3-5H,1-2H2,(H2,7,9). The molecule has 0 radical (unpaired) electrons. The van der Waals surface area contributed by atoms with Gasteiger partial charge in [-0.1, -0.05) is 0 Å². The zero-order valence-electron chi connectivity index (χ0n) is 5.04. The summed E-state index contributed by atoms with van der Waals surface area (Å²) in [6.07, 6.45) is 2.61. The molecule has 1 atom stereocenters. The fraction of sp³-hybridized carbons (Fsp3) is 0.667. The number of amides is 1. The molecule has 0 aromatic heterocycles. The van der Waals surface area contributed by atoms with Crippen LogP contribution in [0.15, 0.2) is 0 Å². The third-order valence-corrected chi connectivity index (χ3v) is 1.61. The highest BCUT2D eigenvalue weighted by Gasteiger charge is 2.34. The molecule has 0 saturated heterocycles. The minimum atomic E-state index is -0.509. The molecule has 3 heteroatoms. The summed E-state index contributed by atoms with van der Waals surface area (Å²) >= 11 is 0. The Hall–Kier alpha value is -0.860. The number of primary amides is 1. The molecule has 1 aliphatic carbocycles. The van der Waals surface area contributed by atoms with Gasteiger partial charge in [-0.3, -0.25) is 4.79 Å². The summed E-state index contributed by atoms with van der Waals surface area (Å²) in [5.41, 5.74) is 4.92. The van der Waals surface area contributed by atoms with Gasteiger partial charge in [0.25, 0.3) is 0 Å². The molecule has 0 aliphatic heterocycles. The summed E-state index contributed by atoms with van der Waals surface area (Å²) in [5, 5.41) is 0. The van der Waals surface area contributed by atoms with Crippen LogP contribution in [-0.4, -0.2) is 12.2 Å². The maximum absolute atomic E-state index is 10.4. The lowest BCUT2D eigenvalue weighted by molar-refractivity contribution is -0.127. The van der Waals surface area contributed by atoms with Crippen molar-refractivity contribution in [3.05, 3.63) is 0 Å². The van der Waals surface area contributed by atoms with Gasteiger partial charge in [-0.2, -0.15) is 0 Å². The molecule has 1 unspecified atom stereocenters. The molecule has 0 spiro atoms. The molecule has 1 fully saturated rings. The summed E-state index contributed by atoms with van der Waals surface area (Å²) in [7, 11) is 0. The lowest BCUT2D eigenvalue weighted by atomic mass is 10.1. The summed E-state index contributed by atoms with van der Waals surface area (Å²) in [4.78, 5) is 20.5. The zero-order valence-corrected chi connectivity index (χ0v) is 5.04. The number of carbonyl (C=O) groups excluding carboxylic acids is 2. The first-order valence-electron chi connectivity index (χ1n) is 3.00. The SMILES string of the molecule is NC(=O)C(C=O)C1CC1. The molecule has 1 aliphatic rings. The van der Waals surface area contributed by atoms with Crippen LogP contribution in [-0.2, 0) is 9.59 Å². The largest absolute Gasteiger partial charge is 0.369 e. The minimum Gasteiger partial charge on any atom is -0.369 e. The van der Waals surface area contributed by atoms with Crippen LogP contribution in [0.3, 0.4) is 0 Å². The average molecular weight is 127 g/mol. The van der Waals surface area contributed by atoms with Gasteiger partial charge in [-0.15, -0.1) is 0 Å². The van der Waals surface area contributed by atoms with Crippen molar-refractivity contribution in [1.82, 2.24) is 0 Å². The van der Waals surface area contributed by atoms with Crippen molar-refractivity contribution in [3.8, 4) is 0 Å². The van der Waals surface area contributed by atoms with E-state index in [1.165, 1.54) is 0 Å². The highest BCUT2D eigenvalue weighted by Crippen LogP contribution is 2.35. The van der Waals surface area contributed by atoms with E-state index in [0.717, 1.165) is 12.8 Å². The predicted molar refractivity (Wildman–Crippen MR) is 31.5 cm³/mol. The van der Waals surface area contributed by atoms with Gasteiger partial charge in [0.15, 0.2) is 0 Å². The van der Waals surface area contributed by atoms with Crippen molar-refractivity contribution in [3.63, 3.8) is 0 Å². The van der Waals surface area contributed by atoms with E-state index in [9.17, 15) is 9.59 Å². The Balaban J connectivity index is 2.47. The fourth-order valence-corrected chi connectivity index (χ4v) is 0.866. The van der Waals surface area contributed by atoms with E-state index in [0.29, 0.717) is 6.29 Å². The third-order valence-electron chi connectivity index (χ3n) is 1.61. The van der Waals surface area contributed by atoms with Crippen molar-refractivity contribution in [2.45, 2.75) is 12.8 Å². The summed E-state index contributed by atoms with van der Waals surface area (Å²) in [6.45, 7) is 0. The second kappa shape index (κ2) is 2.17. The van der Waals surface area contributed by atoms with E-state index >= 15 is 0 Å². The van der Waals surface area contributed by atoms with Gasteiger partial charge < -0.3 is 10.5 Å². The second-order valence-corrected chi connectivity index (χ2v) is 2.40. The molecule has 9 heavy (non-hydrogen) atoms. The van der Waals surface area contributed by atoms with Crippen molar-refractivity contribution in [2.24, 2.45) is 17.6 Å². The number of rotatable bonds is 3. The Morgan fingerprint density at radius 2 is 2.22 bits per heavy atom. The van der Waals surface area contributed by atoms with Gasteiger partial charge in [0.05, 0.1) is 5.92 Å². The van der Waals surface area contributed by atoms with Crippen LogP contribution in [0.5, 0.6) is 0 Å². The minimum absolute atomic E-state index is 0.264. The van der Waals surface area contributed by atoms with E-state index in [1.54, 1.807) is 0 Å². The third kappa shape index (κ3) is 1.28. The second-order valence-electron chi connectivity index (χ2n) is 2.40. The van der Waals surface area contributed by atoms with E-state index < -0.39 is 11.8 Å². The molecular weight excluding hydrogens is 118 g/mol. The summed E-state index contributed by atoms with van der Waals surface area (Å²) < 4.78 is 0. The van der Waals surface area contributed by atoms with Gasteiger partial charge in [0.1, 0.15) is 6.29 Å². The van der Waals surface area contributed by atoms with Gasteiger partial charge in [-0.25, -0.2) is 0 Å². The van der Waals surface area contributed by atoms with Crippen LogP contribution in [0, 0.1) is 11.8 Å². The van der Waals surface area contributed by atoms with Crippen LogP contribution in [0.25, 0.3) is 0 Å². The average Bonchev–Trinajstić information content (AvgIpc) is 2.50. The van der Waals surface area contributed by atoms with Gasteiger partial charge in [0.2, 0.25) is 5.91 Å². The molecule has 3 nitrogen and oxygen atoms in total. The van der Waals surface area contributed by atoms with Gasteiger partial charge in [0, 0.05) is 0 Å². The Bertz CT molecular complexity index is 140. The van der Waals surface area contributed by atoms with E-state index in [-0.39, 0.29) is 5.92 Å². The number of nitrogens with two attached hydrogens (primary N) is 1. The number of hydrogen-bond acceptors (Lipinski definition) is 2. The van der Waals surface area contributed by atoms with E-state index in [2.05, 4.69) is 0 Å². The van der Waals surface area contributed by atoms with Crippen LogP contribution in [0.1, 0.15) is 12.8 Å². The van der Waals surface area contributed by atoms with Crippen molar-refractivity contribution < 1.29 is 9.59 Å². The maximum Gasteiger partial charge on any atom is 0.227 e. The monoisotopic (exact) mass is 127 g/mol. The molecule has 0 bridgehead atoms. The number of hydrogen-bond donors (Lipinski definition) is 1. The molecule has 0 aromatic carbocycles. The van der Waals surface area contributed by atoms with Crippen molar-refractivity contribution in [2.75, 3.05) is 0 Å². The molecule has 0 aromatic rings. The van der Waals surface area contributed by atoms with Crippen LogP contribution < -0.4 is 5.73 Å². The van der Waals surface area contributed by atoms with Crippen LogP contribution in [0.2, 0.25) is 0 Å². The highest BCUT2D eigenvalue weighted by molar-refractivity contribution is 5.91. The quantitative estimate of drug-likeness (QED) is 0.418. The van der Waals surface area contributed by atoms with Crippen LogP contribution in [0.4, 0.5) is 0 Å². The zero-order chi connectivity index (χ0) is 6.85. The summed E-state index contributed by atoms with van der Waals surface area (Å²) in [5.74, 6) is -0.725. The number of aldehydes is 1.